The van der Waals surface area contributed by atoms with Gasteiger partial charge in [0.15, 0.2) is 0 Å². The monoisotopic (exact) mass is 366 g/mol. The Morgan fingerprint density at radius 1 is 0.852 bits per heavy atom. The molecular weight excluding hydrogens is 332 g/mol. The standard InChI is InChI=1S/C23H34N4/c1-5-8-11-19-13-15-20(16-14-19)18(4)26-27-23-24-21(10-7-3)17-22(25-23)12-9-6-2/h13-17H,5-12H2,1-4H3,(H,24,25,27). The highest BCUT2D eigenvalue weighted by Crippen LogP contribution is 2.12. The number of hydrogen-bond acceptors (Lipinski definition) is 4. The van der Waals surface area contributed by atoms with E-state index in [9.17, 15) is 0 Å². The molecule has 27 heavy (non-hydrogen) atoms. The molecule has 0 atom stereocenters. The van der Waals surface area contributed by atoms with E-state index in [2.05, 4.69) is 71.6 Å². The molecule has 0 aliphatic rings. The van der Waals surface area contributed by atoms with Gasteiger partial charge in [0.05, 0.1) is 5.71 Å². The molecule has 0 amide bonds. The van der Waals surface area contributed by atoms with Gasteiger partial charge in [-0.05, 0) is 56.2 Å². The summed E-state index contributed by atoms with van der Waals surface area (Å²) in [6.07, 6.45) is 8.96. The van der Waals surface area contributed by atoms with Gasteiger partial charge in [-0.25, -0.2) is 15.4 Å². The smallest absolute Gasteiger partial charge is 0.243 e. The molecule has 2 aromatic rings. The molecule has 4 nitrogen and oxygen atoms in total. The molecule has 1 aromatic carbocycles. The van der Waals surface area contributed by atoms with Gasteiger partial charge in [-0.3, -0.25) is 0 Å². The molecule has 4 heteroatoms. The number of hydrazone groups is 1. The minimum Gasteiger partial charge on any atom is -0.245 e. The summed E-state index contributed by atoms with van der Waals surface area (Å²) in [5, 5.41) is 4.52. The Kier molecular flexibility index (Phi) is 8.96. The minimum atomic E-state index is 0.603. The van der Waals surface area contributed by atoms with Gasteiger partial charge in [-0.1, -0.05) is 64.3 Å². The van der Waals surface area contributed by atoms with Gasteiger partial charge in [0.1, 0.15) is 0 Å². The minimum absolute atomic E-state index is 0.603. The van der Waals surface area contributed by atoms with E-state index in [1.165, 1.54) is 24.8 Å². The highest BCUT2D eigenvalue weighted by Gasteiger charge is 2.05. The molecule has 146 valence electrons. The zero-order valence-corrected chi connectivity index (χ0v) is 17.4. The van der Waals surface area contributed by atoms with Gasteiger partial charge in [0.2, 0.25) is 5.95 Å². The second-order valence-electron chi connectivity index (χ2n) is 7.14. The number of benzene rings is 1. The fourth-order valence-corrected chi connectivity index (χ4v) is 2.97. The molecule has 2 rings (SSSR count). The van der Waals surface area contributed by atoms with Crippen molar-refractivity contribution < 1.29 is 0 Å². The Labute approximate surface area is 164 Å². The van der Waals surface area contributed by atoms with Crippen LogP contribution in [0.15, 0.2) is 35.4 Å². The summed E-state index contributed by atoms with van der Waals surface area (Å²) in [6.45, 7) is 8.62. The average molecular weight is 367 g/mol. The molecule has 0 saturated carbocycles. The summed E-state index contributed by atoms with van der Waals surface area (Å²) in [6, 6.07) is 10.8. The molecule has 1 aromatic heterocycles. The summed E-state index contributed by atoms with van der Waals surface area (Å²) in [5.74, 6) is 0.603. The molecule has 0 unspecified atom stereocenters. The molecule has 0 bridgehead atoms. The fourth-order valence-electron chi connectivity index (χ4n) is 2.97. The maximum Gasteiger partial charge on any atom is 0.243 e. The van der Waals surface area contributed by atoms with Gasteiger partial charge in [0.25, 0.3) is 0 Å². The Hall–Kier alpha value is -2.23. The van der Waals surface area contributed by atoms with Crippen LogP contribution in [0, 0.1) is 0 Å². The number of aryl methyl sites for hydroxylation is 3. The lowest BCUT2D eigenvalue weighted by atomic mass is 10.0. The molecular formula is C23H34N4. The number of aromatic nitrogens is 2. The highest BCUT2D eigenvalue weighted by molar-refractivity contribution is 5.99. The number of unbranched alkanes of at least 4 members (excludes halogenated alkanes) is 2. The summed E-state index contributed by atoms with van der Waals surface area (Å²) >= 11 is 0. The highest BCUT2D eigenvalue weighted by atomic mass is 15.4. The molecule has 1 heterocycles. The number of nitrogens with one attached hydrogen (secondary N) is 1. The Morgan fingerprint density at radius 2 is 1.48 bits per heavy atom. The van der Waals surface area contributed by atoms with Crippen molar-refractivity contribution in [2.75, 3.05) is 5.43 Å². The van der Waals surface area contributed by atoms with Crippen LogP contribution in [0.5, 0.6) is 0 Å². The van der Waals surface area contributed by atoms with Crippen molar-refractivity contribution in [2.45, 2.75) is 79.1 Å². The predicted octanol–water partition coefficient (Wildman–Crippen LogP) is 5.95. The Balaban J connectivity index is 2.09. The van der Waals surface area contributed by atoms with Crippen molar-refractivity contribution in [3.63, 3.8) is 0 Å². The molecule has 0 aliphatic heterocycles. The first kappa shape index (κ1) is 21.1. The topological polar surface area (TPSA) is 50.2 Å². The zero-order chi connectivity index (χ0) is 19.5. The maximum atomic E-state index is 4.64. The SMILES string of the molecule is CCCCc1ccc(C(C)=NNc2nc(CCC)cc(CCCC)n2)cc1. The normalized spacial score (nSPS) is 11.6. The van der Waals surface area contributed by atoms with Crippen LogP contribution in [-0.4, -0.2) is 15.7 Å². The molecule has 0 spiro atoms. The third-order valence-corrected chi connectivity index (χ3v) is 4.64. The van der Waals surface area contributed by atoms with Gasteiger partial charge in [-0.2, -0.15) is 5.10 Å². The number of rotatable bonds is 11. The van der Waals surface area contributed by atoms with E-state index in [0.717, 1.165) is 54.8 Å². The average Bonchev–Trinajstić information content (AvgIpc) is 2.69. The lowest BCUT2D eigenvalue weighted by molar-refractivity contribution is 0.765. The van der Waals surface area contributed by atoms with E-state index in [1.54, 1.807) is 0 Å². The van der Waals surface area contributed by atoms with E-state index in [1.807, 2.05) is 6.92 Å². The number of anilines is 1. The van der Waals surface area contributed by atoms with Crippen LogP contribution in [0.2, 0.25) is 0 Å². The van der Waals surface area contributed by atoms with Crippen molar-refractivity contribution in [3.8, 4) is 0 Å². The van der Waals surface area contributed by atoms with E-state index >= 15 is 0 Å². The van der Waals surface area contributed by atoms with Crippen LogP contribution >= 0.6 is 0 Å². The summed E-state index contributed by atoms with van der Waals surface area (Å²) in [4.78, 5) is 9.25. The lowest BCUT2D eigenvalue weighted by Gasteiger charge is -2.08. The summed E-state index contributed by atoms with van der Waals surface area (Å²) in [7, 11) is 0. The lowest BCUT2D eigenvalue weighted by Crippen LogP contribution is -2.06. The molecule has 0 aliphatic carbocycles. The van der Waals surface area contributed by atoms with Crippen LogP contribution in [0.4, 0.5) is 5.95 Å². The van der Waals surface area contributed by atoms with Crippen LogP contribution < -0.4 is 5.43 Å². The van der Waals surface area contributed by atoms with Gasteiger partial charge < -0.3 is 0 Å². The quantitative estimate of drug-likeness (QED) is 0.395. The molecule has 0 saturated heterocycles. The largest absolute Gasteiger partial charge is 0.245 e. The third kappa shape index (κ3) is 7.12. The van der Waals surface area contributed by atoms with E-state index < -0.39 is 0 Å². The van der Waals surface area contributed by atoms with E-state index in [4.69, 9.17) is 0 Å². The zero-order valence-electron chi connectivity index (χ0n) is 17.4. The first-order valence-electron chi connectivity index (χ1n) is 10.4. The Bertz CT molecular complexity index is 720. The van der Waals surface area contributed by atoms with Crippen molar-refractivity contribution in [1.82, 2.24) is 9.97 Å². The van der Waals surface area contributed by atoms with Crippen molar-refractivity contribution >= 4 is 11.7 Å². The van der Waals surface area contributed by atoms with Crippen LogP contribution in [0.25, 0.3) is 0 Å². The summed E-state index contributed by atoms with van der Waals surface area (Å²) in [5.41, 5.74) is 8.72. The second kappa shape index (κ2) is 11.5. The van der Waals surface area contributed by atoms with Gasteiger partial charge >= 0.3 is 0 Å². The second-order valence-corrected chi connectivity index (χ2v) is 7.14. The number of nitrogens with zero attached hydrogens (tertiary/aromatic N) is 3. The van der Waals surface area contributed by atoms with Crippen LogP contribution in [0.1, 0.15) is 82.3 Å². The predicted molar refractivity (Wildman–Crippen MR) is 116 cm³/mol. The fraction of sp³-hybridized carbons (Fsp3) is 0.522. The number of hydrogen-bond donors (Lipinski definition) is 1. The summed E-state index contributed by atoms with van der Waals surface area (Å²) < 4.78 is 0. The van der Waals surface area contributed by atoms with Crippen molar-refractivity contribution in [1.29, 1.82) is 0 Å². The van der Waals surface area contributed by atoms with Crippen LogP contribution in [-0.2, 0) is 19.3 Å². The first-order valence-corrected chi connectivity index (χ1v) is 10.4. The molecule has 0 fully saturated rings. The van der Waals surface area contributed by atoms with Gasteiger partial charge in [0, 0.05) is 11.4 Å². The first-order chi connectivity index (χ1) is 13.2. The van der Waals surface area contributed by atoms with Crippen LogP contribution in [0.3, 0.4) is 0 Å². The van der Waals surface area contributed by atoms with E-state index in [-0.39, 0.29) is 0 Å². The molecule has 0 radical (unpaired) electrons. The maximum absolute atomic E-state index is 4.64. The van der Waals surface area contributed by atoms with Crippen molar-refractivity contribution in [3.05, 3.63) is 52.8 Å². The molecule has 1 N–H and O–H groups in total. The van der Waals surface area contributed by atoms with E-state index in [0.29, 0.717) is 5.95 Å². The van der Waals surface area contributed by atoms with Gasteiger partial charge in [-0.15, -0.1) is 0 Å². The third-order valence-electron chi connectivity index (χ3n) is 4.64. The van der Waals surface area contributed by atoms with Crippen molar-refractivity contribution in [2.24, 2.45) is 5.10 Å². The Morgan fingerprint density at radius 3 is 2.11 bits per heavy atom.